The van der Waals surface area contributed by atoms with Gasteiger partial charge in [-0.25, -0.2) is 4.90 Å². The Hall–Kier alpha value is -2.10. The summed E-state index contributed by atoms with van der Waals surface area (Å²) in [6.45, 7) is 5.74. The SMILES string of the molecule is Cc1ccc(C2=C(Cl)C(=O)N(c3ccc(Cl)cc3C)C2=O)cc1C. The van der Waals surface area contributed by atoms with E-state index < -0.39 is 11.8 Å². The van der Waals surface area contributed by atoms with Crippen LogP contribution < -0.4 is 4.90 Å². The van der Waals surface area contributed by atoms with E-state index in [2.05, 4.69) is 0 Å². The van der Waals surface area contributed by atoms with Crippen molar-refractivity contribution in [2.45, 2.75) is 20.8 Å². The van der Waals surface area contributed by atoms with E-state index in [0.717, 1.165) is 21.6 Å². The largest absolute Gasteiger partial charge is 0.277 e. The Balaban J connectivity index is 2.09. The van der Waals surface area contributed by atoms with Crippen LogP contribution in [0.25, 0.3) is 5.57 Å². The maximum atomic E-state index is 12.9. The van der Waals surface area contributed by atoms with Gasteiger partial charge in [-0.3, -0.25) is 9.59 Å². The zero-order valence-electron chi connectivity index (χ0n) is 13.5. The molecule has 0 saturated carbocycles. The minimum absolute atomic E-state index is 0.0578. The molecule has 3 nitrogen and oxygen atoms in total. The molecule has 1 aliphatic heterocycles. The molecule has 24 heavy (non-hydrogen) atoms. The highest BCUT2D eigenvalue weighted by atomic mass is 35.5. The van der Waals surface area contributed by atoms with Gasteiger partial charge in [-0.2, -0.15) is 0 Å². The van der Waals surface area contributed by atoms with Crippen molar-refractivity contribution in [3.05, 3.63) is 68.7 Å². The second-order valence-corrected chi connectivity index (χ2v) is 6.68. The molecule has 0 N–H and O–H groups in total. The Morgan fingerprint density at radius 3 is 2.12 bits per heavy atom. The number of hydrogen-bond acceptors (Lipinski definition) is 2. The quantitative estimate of drug-likeness (QED) is 0.723. The van der Waals surface area contributed by atoms with Gasteiger partial charge in [0.15, 0.2) is 0 Å². The molecule has 1 aliphatic rings. The van der Waals surface area contributed by atoms with Crippen molar-refractivity contribution < 1.29 is 9.59 Å². The first-order valence-electron chi connectivity index (χ1n) is 7.43. The number of anilines is 1. The Morgan fingerprint density at radius 2 is 1.50 bits per heavy atom. The van der Waals surface area contributed by atoms with Crippen molar-refractivity contribution in [1.82, 2.24) is 0 Å². The summed E-state index contributed by atoms with van der Waals surface area (Å²) in [6.07, 6.45) is 0. The van der Waals surface area contributed by atoms with Crippen LogP contribution in [0.4, 0.5) is 5.69 Å². The van der Waals surface area contributed by atoms with Crippen molar-refractivity contribution in [1.29, 1.82) is 0 Å². The molecule has 1 heterocycles. The number of hydrogen-bond donors (Lipinski definition) is 0. The van der Waals surface area contributed by atoms with Crippen LogP contribution in [-0.2, 0) is 9.59 Å². The van der Waals surface area contributed by atoms with E-state index in [1.165, 1.54) is 0 Å². The summed E-state index contributed by atoms with van der Waals surface area (Å²) in [4.78, 5) is 26.6. The fraction of sp³-hybridized carbons (Fsp3) is 0.158. The summed E-state index contributed by atoms with van der Waals surface area (Å²) in [5, 5.41) is 0.487. The third-order valence-corrected chi connectivity index (χ3v) is 4.81. The van der Waals surface area contributed by atoms with Crippen LogP contribution in [-0.4, -0.2) is 11.8 Å². The van der Waals surface area contributed by atoms with Crippen LogP contribution in [0.15, 0.2) is 41.4 Å². The topological polar surface area (TPSA) is 37.4 Å². The highest BCUT2D eigenvalue weighted by Gasteiger charge is 2.39. The van der Waals surface area contributed by atoms with Gasteiger partial charge in [0.1, 0.15) is 5.03 Å². The molecule has 0 unspecified atom stereocenters. The van der Waals surface area contributed by atoms with Gasteiger partial charge in [0.2, 0.25) is 0 Å². The Morgan fingerprint density at radius 1 is 0.792 bits per heavy atom. The van der Waals surface area contributed by atoms with E-state index in [0.29, 0.717) is 16.3 Å². The molecule has 0 radical (unpaired) electrons. The standard InChI is InChI=1S/C19H15Cl2NO2/c1-10-4-5-13(8-11(10)2)16-17(21)19(24)22(18(16)23)15-7-6-14(20)9-12(15)3/h4-9H,1-3H3. The van der Waals surface area contributed by atoms with Crippen LogP contribution in [0, 0.1) is 20.8 Å². The first-order chi connectivity index (χ1) is 11.3. The summed E-state index contributed by atoms with van der Waals surface area (Å²) in [6, 6.07) is 10.6. The normalized spacial score (nSPS) is 14.8. The molecule has 0 bridgehead atoms. The van der Waals surface area contributed by atoms with Crippen LogP contribution in [0.3, 0.4) is 0 Å². The lowest BCUT2D eigenvalue weighted by molar-refractivity contribution is -0.119. The lowest BCUT2D eigenvalue weighted by Crippen LogP contribution is -2.31. The molecule has 0 aromatic heterocycles. The average Bonchev–Trinajstić information content (AvgIpc) is 2.73. The zero-order chi connectivity index (χ0) is 17.6. The summed E-state index contributed by atoms with van der Waals surface area (Å²) >= 11 is 12.2. The second-order valence-electron chi connectivity index (χ2n) is 5.86. The number of nitrogens with zero attached hydrogens (tertiary/aromatic N) is 1. The van der Waals surface area contributed by atoms with Crippen LogP contribution in [0.1, 0.15) is 22.3 Å². The number of amides is 2. The highest BCUT2D eigenvalue weighted by Crippen LogP contribution is 2.37. The molecule has 3 rings (SSSR count). The molecule has 2 aromatic carbocycles. The summed E-state index contributed by atoms with van der Waals surface area (Å²) in [5.41, 5.74) is 4.25. The van der Waals surface area contributed by atoms with Crippen molar-refractivity contribution in [2.75, 3.05) is 4.90 Å². The third-order valence-electron chi connectivity index (χ3n) is 4.22. The van der Waals surface area contributed by atoms with Gasteiger partial charge in [-0.05, 0) is 61.2 Å². The maximum absolute atomic E-state index is 12.9. The molecule has 2 aromatic rings. The smallest absolute Gasteiger partial charge is 0.268 e. The van der Waals surface area contributed by atoms with Crippen molar-refractivity contribution >= 4 is 46.3 Å². The maximum Gasteiger partial charge on any atom is 0.277 e. The van der Waals surface area contributed by atoms with Crippen LogP contribution in [0.2, 0.25) is 5.02 Å². The van der Waals surface area contributed by atoms with Crippen LogP contribution >= 0.6 is 23.2 Å². The van der Waals surface area contributed by atoms with E-state index in [1.807, 2.05) is 32.0 Å². The Kier molecular flexibility index (Phi) is 4.24. The average molecular weight is 360 g/mol. The van der Waals surface area contributed by atoms with Crippen LogP contribution in [0.5, 0.6) is 0 Å². The molecule has 0 saturated heterocycles. The summed E-state index contributed by atoms with van der Waals surface area (Å²) < 4.78 is 0. The van der Waals surface area contributed by atoms with Gasteiger partial charge in [0.25, 0.3) is 11.8 Å². The number of aryl methyl sites for hydroxylation is 3. The van der Waals surface area contributed by atoms with Crippen molar-refractivity contribution in [3.63, 3.8) is 0 Å². The van der Waals surface area contributed by atoms with Gasteiger partial charge in [-0.15, -0.1) is 0 Å². The highest BCUT2D eigenvalue weighted by molar-refractivity contribution is 6.60. The van der Waals surface area contributed by atoms with Gasteiger partial charge in [0.05, 0.1) is 11.3 Å². The third kappa shape index (κ3) is 2.64. The molecular formula is C19H15Cl2NO2. The fourth-order valence-electron chi connectivity index (χ4n) is 2.74. The molecule has 5 heteroatoms. The number of imide groups is 1. The molecular weight excluding hydrogens is 345 g/mol. The minimum atomic E-state index is -0.514. The lowest BCUT2D eigenvalue weighted by atomic mass is 10.0. The number of halogens is 2. The molecule has 0 atom stereocenters. The van der Waals surface area contributed by atoms with Gasteiger partial charge in [-0.1, -0.05) is 41.4 Å². The first-order valence-corrected chi connectivity index (χ1v) is 8.19. The monoisotopic (exact) mass is 359 g/mol. The Labute approximate surface area is 150 Å². The molecule has 0 aliphatic carbocycles. The molecule has 122 valence electrons. The lowest BCUT2D eigenvalue weighted by Gasteiger charge is -2.17. The predicted molar refractivity (Wildman–Crippen MR) is 97.4 cm³/mol. The predicted octanol–water partition coefficient (Wildman–Crippen LogP) is 4.79. The van der Waals surface area contributed by atoms with Crippen molar-refractivity contribution in [2.24, 2.45) is 0 Å². The fourth-order valence-corrected chi connectivity index (χ4v) is 3.24. The second kappa shape index (κ2) is 6.08. The van der Waals surface area contributed by atoms with E-state index in [1.54, 1.807) is 25.1 Å². The van der Waals surface area contributed by atoms with E-state index >= 15 is 0 Å². The first kappa shape index (κ1) is 16.7. The van der Waals surface area contributed by atoms with Gasteiger partial charge >= 0.3 is 0 Å². The van der Waals surface area contributed by atoms with E-state index in [-0.39, 0.29) is 10.6 Å². The minimum Gasteiger partial charge on any atom is -0.268 e. The Bertz CT molecular complexity index is 916. The molecule has 0 spiro atoms. The van der Waals surface area contributed by atoms with Gasteiger partial charge in [0, 0.05) is 5.02 Å². The summed E-state index contributed by atoms with van der Waals surface area (Å²) in [7, 11) is 0. The number of carbonyl (C=O) groups is 2. The number of benzene rings is 2. The van der Waals surface area contributed by atoms with E-state index in [9.17, 15) is 9.59 Å². The zero-order valence-corrected chi connectivity index (χ0v) is 15.0. The molecule has 0 fully saturated rings. The van der Waals surface area contributed by atoms with Gasteiger partial charge < -0.3 is 0 Å². The van der Waals surface area contributed by atoms with Crippen molar-refractivity contribution in [3.8, 4) is 0 Å². The molecule has 2 amide bonds. The van der Waals surface area contributed by atoms with E-state index in [4.69, 9.17) is 23.2 Å². The number of rotatable bonds is 2. The summed E-state index contributed by atoms with van der Waals surface area (Å²) in [5.74, 6) is -0.931. The number of carbonyl (C=O) groups excluding carboxylic acids is 2.